The van der Waals surface area contributed by atoms with E-state index >= 15 is 0 Å². The number of amides is 2. The molecule has 0 fully saturated rings. The Bertz CT molecular complexity index is 565. The van der Waals surface area contributed by atoms with Gasteiger partial charge in [-0.15, -0.1) is 0 Å². The number of carbonyl (C=O) groups is 2. The lowest BCUT2D eigenvalue weighted by Crippen LogP contribution is -2.46. The lowest BCUT2D eigenvalue weighted by molar-refractivity contribution is -0.125. The second-order valence-corrected chi connectivity index (χ2v) is 6.77. The first-order valence-electron chi connectivity index (χ1n) is 7.77. The summed E-state index contributed by atoms with van der Waals surface area (Å²) in [4.78, 5) is 25.1. The standard InChI is InChI=1S/C17H25F2N3O2/c1-17(2,3)21-16(24)11-22(4)10-15(23)20-9-8-12-13(18)6-5-7-14(12)19/h5-7H,8-11H2,1-4H3,(H,20,23)(H,21,24). The third-order valence-electron chi connectivity index (χ3n) is 3.10. The molecule has 0 atom stereocenters. The van der Waals surface area contributed by atoms with Crippen molar-refractivity contribution in [1.29, 1.82) is 0 Å². The van der Waals surface area contributed by atoms with Crippen molar-refractivity contribution in [2.75, 3.05) is 26.7 Å². The third kappa shape index (κ3) is 7.50. The van der Waals surface area contributed by atoms with Gasteiger partial charge < -0.3 is 10.6 Å². The van der Waals surface area contributed by atoms with Gasteiger partial charge in [-0.3, -0.25) is 14.5 Å². The van der Waals surface area contributed by atoms with E-state index in [4.69, 9.17) is 0 Å². The largest absolute Gasteiger partial charge is 0.355 e. The number of nitrogens with one attached hydrogen (secondary N) is 2. The molecule has 0 aromatic heterocycles. The van der Waals surface area contributed by atoms with Gasteiger partial charge in [-0.2, -0.15) is 0 Å². The minimum atomic E-state index is -0.625. The smallest absolute Gasteiger partial charge is 0.234 e. The maximum Gasteiger partial charge on any atom is 0.234 e. The van der Waals surface area contributed by atoms with Gasteiger partial charge in [-0.25, -0.2) is 8.78 Å². The Labute approximate surface area is 141 Å². The first-order chi connectivity index (χ1) is 11.1. The zero-order valence-corrected chi connectivity index (χ0v) is 14.6. The van der Waals surface area contributed by atoms with Crippen molar-refractivity contribution >= 4 is 11.8 Å². The summed E-state index contributed by atoms with van der Waals surface area (Å²) >= 11 is 0. The van der Waals surface area contributed by atoms with Crippen LogP contribution in [0.3, 0.4) is 0 Å². The molecule has 0 aliphatic heterocycles. The Morgan fingerprint density at radius 3 is 2.17 bits per heavy atom. The molecule has 0 bridgehead atoms. The zero-order chi connectivity index (χ0) is 18.3. The summed E-state index contributed by atoms with van der Waals surface area (Å²) in [5.41, 5.74) is -0.375. The predicted molar refractivity (Wildman–Crippen MR) is 88.5 cm³/mol. The fourth-order valence-electron chi connectivity index (χ4n) is 2.16. The number of likely N-dealkylation sites (N-methyl/N-ethyl adjacent to an activating group) is 1. The molecule has 0 radical (unpaired) electrons. The van der Waals surface area contributed by atoms with Crippen LogP contribution in [0.4, 0.5) is 8.78 Å². The molecule has 0 aliphatic rings. The lowest BCUT2D eigenvalue weighted by atomic mass is 10.1. The average molecular weight is 341 g/mol. The predicted octanol–water partition coefficient (Wildman–Crippen LogP) is 1.47. The van der Waals surface area contributed by atoms with Gasteiger partial charge in [0, 0.05) is 17.6 Å². The molecule has 0 saturated heterocycles. The number of carbonyl (C=O) groups excluding carboxylic acids is 2. The fraction of sp³-hybridized carbons (Fsp3) is 0.529. The van der Waals surface area contributed by atoms with E-state index in [9.17, 15) is 18.4 Å². The van der Waals surface area contributed by atoms with Crippen LogP contribution in [-0.4, -0.2) is 48.9 Å². The number of hydrogen-bond acceptors (Lipinski definition) is 3. The van der Waals surface area contributed by atoms with E-state index in [-0.39, 0.29) is 49.0 Å². The zero-order valence-electron chi connectivity index (χ0n) is 14.6. The molecule has 1 aromatic rings. The first kappa shape index (κ1) is 20.0. The molecule has 0 aliphatic carbocycles. The molecule has 0 spiro atoms. The Morgan fingerprint density at radius 2 is 1.62 bits per heavy atom. The number of hydrogen-bond donors (Lipinski definition) is 2. The summed E-state index contributed by atoms with van der Waals surface area (Å²) < 4.78 is 26.9. The number of nitrogens with zero attached hydrogens (tertiary/aromatic N) is 1. The minimum absolute atomic E-state index is 0.0251. The average Bonchev–Trinajstić information content (AvgIpc) is 2.39. The Kier molecular flexibility index (Phi) is 7.28. The van der Waals surface area contributed by atoms with Crippen molar-refractivity contribution in [2.24, 2.45) is 0 Å². The quantitative estimate of drug-likeness (QED) is 0.790. The Hall–Kier alpha value is -2.02. The third-order valence-corrected chi connectivity index (χ3v) is 3.10. The number of benzene rings is 1. The molecule has 1 rings (SSSR count). The van der Waals surface area contributed by atoms with Crippen LogP contribution >= 0.6 is 0 Å². The minimum Gasteiger partial charge on any atom is -0.355 e. The highest BCUT2D eigenvalue weighted by molar-refractivity contribution is 5.81. The van der Waals surface area contributed by atoms with Crippen molar-refractivity contribution in [3.63, 3.8) is 0 Å². The van der Waals surface area contributed by atoms with E-state index < -0.39 is 11.6 Å². The van der Waals surface area contributed by atoms with Crippen LogP contribution in [0.25, 0.3) is 0 Å². The van der Waals surface area contributed by atoms with Crippen LogP contribution in [0.1, 0.15) is 26.3 Å². The van der Waals surface area contributed by atoms with Crippen LogP contribution in [0, 0.1) is 11.6 Å². The van der Waals surface area contributed by atoms with Gasteiger partial charge in [0.05, 0.1) is 13.1 Å². The summed E-state index contributed by atoms with van der Waals surface area (Å²) in [7, 11) is 1.65. The fourth-order valence-corrected chi connectivity index (χ4v) is 2.16. The van der Waals surface area contributed by atoms with Crippen molar-refractivity contribution in [3.05, 3.63) is 35.4 Å². The van der Waals surface area contributed by atoms with Gasteiger partial charge in [0.2, 0.25) is 11.8 Å². The normalized spacial score (nSPS) is 11.5. The van der Waals surface area contributed by atoms with Crippen LogP contribution in [0.15, 0.2) is 18.2 Å². The summed E-state index contributed by atoms with van der Waals surface area (Å²) in [5, 5.41) is 5.40. The van der Waals surface area contributed by atoms with E-state index in [1.54, 1.807) is 11.9 Å². The number of halogens is 2. The van der Waals surface area contributed by atoms with Crippen LogP contribution < -0.4 is 10.6 Å². The van der Waals surface area contributed by atoms with Gasteiger partial charge in [-0.1, -0.05) is 6.07 Å². The van der Waals surface area contributed by atoms with Crippen LogP contribution in [0.2, 0.25) is 0 Å². The second-order valence-electron chi connectivity index (χ2n) is 6.77. The molecule has 2 N–H and O–H groups in total. The van der Waals surface area contributed by atoms with Crippen molar-refractivity contribution in [3.8, 4) is 0 Å². The highest BCUT2D eigenvalue weighted by Gasteiger charge is 2.16. The molecule has 0 heterocycles. The van der Waals surface area contributed by atoms with E-state index in [2.05, 4.69) is 10.6 Å². The molecule has 5 nitrogen and oxygen atoms in total. The Morgan fingerprint density at radius 1 is 1.08 bits per heavy atom. The van der Waals surface area contributed by atoms with Crippen LogP contribution in [0.5, 0.6) is 0 Å². The molecular weight excluding hydrogens is 316 g/mol. The van der Waals surface area contributed by atoms with Crippen molar-refractivity contribution < 1.29 is 18.4 Å². The molecule has 2 amide bonds. The van der Waals surface area contributed by atoms with Gasteiger partial charge in [0.25, 0.3) is 0 Å². The van der Waals surface area contributed by atoms with Gasteiger partial charge in [0.15, 0.2) is 0 Å². The number of rotatable bonds is 7. The second kappa shape index (κ2) is 8.73. The maximum atomic E-state index is 13.5. The molecular formula is C17H25F2N3O2. The van der Waals surface area contributed by atoms with E-state index in [0.717, 1.165) is 0 Å². The summed E-state index contributed by atoms with van der Waals surface area (Å²) in [6.45, 7) is 5.86. The monoisotopic (exact) mass is 341 g/mol. The Balaban J connectivity index is 2.35. The summed E-state index contributed by atoms with van der Waals surface area (Å²) in [6.07, 6.45) is 0.0679. The lowest BCUT2D eigenvalue weighted by Gasteiger charge is -2.23. The topological polar surface area (TPSA) is 61.4 Å². The molecule has 7 heteroatoms. The maximum absolute atomic E-state index is 13.5. The molecule has 0 saturated carbocycles. The summed E-state index contributed by atoms with van der Waals surface area (Å²) in [6, 6.07) is 3.66. The van der Waals surface area contributed by atoms with Gasteiger partial charge in [0.1, 0.15) is 11.6 Å². The SMILES string of the molecule is CN(CC(=O)NCCc1c(F)cccc1F)CC(=O)NC(C)(C)C. The first-order valence-corrected chi connectivity index (χ1v) is 7.77. The van der Waals surface area contributed by atoms with Gasteiger partial charge >= 0.3 is 0 Å². The van der Waals surface area contributed by atoms with E-state index in [0.29, 0.717) is 0 Å². The van der Waals surface area contributed by atoms with Crippen LogP contribution in [-0.2, 0) is 16.0 Å². The molecule has 1 aromatic carbocycles. The van der Waals surface area contributed by atoms with E-state index in [1.165, 1.54) is 18.2 Å². The van der Waals surface area contributed by atoms with Gasteiger partial charge in [-0.05, 0) is 46.4 Å². The van der Waals surface area contributed by atoms with Crippen molar-refractivity contribution in [2.45, 2.75) is 32.7 Å². The van der Waals surface area contributed by atoms with Crippen molar-refractivity contribution in [1.82, 2.24) is 15.5 Å². The molecule has 134 valence electrons. The molecule has 24 heavy (non-hydrogen) atoms. The molecule has 0 unspecified atom stereocenters. The highest BCUT2D eigenvalue weighted by atomic mass is 19.1. The highest BCUT2D eigenvalue weighted by Crippen LogP contribution is 2.11. The summed E-state index contributed by atoms with van der Waals surface area (Å²) in [5.74, 6) is -1.73. The van der Waals surface area contributed by atoms with E-state index in [1.807, 2.05) is 20.8 Å².